The van der Waals surface area contributed by atoms with E-state index in [9.17, 15) is 9.59 Å². The van der Waals surface area contributed by atoms with E-state index in [4.69, 9.17) is 12.2 Å². The average Bonchev–Trinajstić information content (AvgIpc) is 3.14. The molecule has 26 heavy (non-hydrogen) atoms. The summed E-state index contributed by atoms with van der Waals surface area (Å²) >= 11 is 5.45. The number of nitrogens with zero attached hydrogens (tertiary/aromatic N) is 2. The first-order chi connectivity index (χ1) is 12.2. The summed E-state index contributed by atoms with van der Waals surface area (Å²) in [7, 11) is 1.67. The topological polar surface area (TPSA) is 68.4 Å². The minimum absolute atomic E-state index is 0.0650. The Morgan fingerprint density at radius 1 is 1.35 bits per heavy atom. The number of thiocarbonyl (C=S) groups is 1. The summed E-state index contributed by atoms with van der Waals surface area (Å²) in [4.78, 5) is 31.7. The van der Waals surface area contributed by atoms with Crippen molar-refractivity contribution in [3.63, 3.8) is 0 Å². The van der Waals surface area contributed by atoms with E-state index >= 15 is 0 Å². The number of H-pyrrole nitrogens is 1. The Kier molecular flexibility index (Phi) is 4.75. The van der Waals surface area contributed by atoms with Crippen molar-refractivity contribution in [1.29, 1.82) is 0 Å². The maximum absolute atomic E-state index is 12.6. The maximum atomic E-state index is 12.6. The Labute approximate surface area is 158 Å². The minimum Gasteiger partial charge on any atom is -0.361 e. The number of nitrogens with one attached hydrogen (secondary N) is 2. The van der Waals surface area contributed by atoms with E-state index in [0.29, 0.717) is 10.8 Å². The van der Waals surface area contributed by atoms with Gasteiger partial charge >= 0.3 is 0 Å². The number of fused-ring (bicyclic) bond motifs is 1. The summed E-state index contributed by atoms with van der Waals surface area (Å²) in [6, 6.07) is 7.08. The van der Waals surface area contributed by atoms with Crippen LogP contribution in [0.1, 0.15) is 33.6 Å². The first kappa shape index (κ1) is 18.4. The van der Waals surface area contributed by atoms with Gasteiger partial charge in [0.2, 0.25) is 5.91 Å². The van der Waals surface area contributed by atoms with Crippen LogP contribution in [0.5, 0.6) is 0 Å². The van der Waals surface area contributed by atoms with Crippen LogP contribution < -0.4 is 5.32 Å². The zero-order valence-electron chi connectivity index (χ0n) is 15.5. The molecule has 2 aromatic rings. The van der Waals surface area contributed by atoms with Gasteiger partial charge in [0, 0.05) is 30.0 Å². The van der Waals surface area contributed by atoms with Gasteiger partial charge in [-0.2, -0.15) is 0 Å². The van der Waals surface area contributed by atoms with Crippen molar-refractivity contribution in [2.24, 2.45) is 0 Å². The van der Waals surface area contributed by atoms with Crippen LogP contribution in [0.4, 0.5) is 5.69 Å². The highest BCUT2D eigenvalue weighted by Crippen LogP contribution is 2.30. The van der Waals surface area contributed by atoms with Crippen molar-refractivity contribution in [3.05, 3.63) is 30.5 Å². The molecule has 7 heteroatoms. The molecular weight excluding hydrogens is 348 g/mol. The lowest BCUT2D eigenvalue weighted by Gasteiger charge is -2.38. The number of benzene rings is 1. The Morgan fingerprint density at radius 3 is 2.77 bits per heavy atom. The summed E-state index contributed by atoms with van der Waals surface area (Å²) in [5, 5.41) is 4.45. The molecule has 2 heterocycles. The predicted molar refractivity (Wildman–Crippen MR) is 107 cm³/mol. The molecule has 1 aliphatic rings. The standard InChI is InChI=1S/C19H24N4O2S/c1-5-19(2,3)23-15(17(25)22(4)18(23)26)11-16(24)21-13-7-6-12-8-9-20-14(12)10-13/h6-10,15,20H,5,11H2,1-4H3,(H,21,24). The number of rotatable bonds is 5. The molecule has 1 saturated heterocycles. The van der Waals surface area contributed by atoms with Crippen molar-refractivity contribution in [2.75, 3.05) is 12.4 Å². The number of aromatic nitrogens is 1. The van der Waals surface area contributed by atoms with Gasteiger partial charge in [0.05, 0.1) is 6.42 Å². The predicted octanol–water partition coefficient (Wildman–Crippen LogP) is 3.11. The van der Waals surface area contributed by atoms with Gasteiger partial charge in [0.25, 0.3) is 5.91 Å². The molecule has 1 fully saturated rings. The molecule has 1 unspecified atom stereocenters. The number of carbonyl (C=O) groups excluding carboxylic acids is 2. The fourth-order valence-electron chi connectivity index (χ4n) is 3.27. The Bertz CT molecular complexity index is 873. The van der Waals surface area contributed by atoms with Gasteiger partial charge in [-0.25, -0.2) is 0 Å². The summed E-state index contributed by atoms with van der Waals surface area (Å²) in [6.07, 6.45) is 2.74. The zero-order chi connectivity index (χ0) is 19.1. The first-order valence-corrected chi connectivity index (χ1v) is 9.13. The highest BCUT2D eigenvalue weighted by atomic mass is 32.1. The van der Waals surface area contributed by atoms with Crippen LogP contribution >= 0.6 is 12.2 Å². The van der Waals surface area contributed by atoms with Gasteiger partial charge in [-0.05, 0) is 56.1 Å². The van der Waals surface area contributed by atoms with Gasteiger partial charge < -0.3 is 15.2 Å². The lowest BCUT2D eigenvalue weighted by Crippen LogP contribution is -2.50. The van der Waals surface area contributed by atoms with Crippen LogP contribution in [0.3, 0.4) is 0 Å². The average molecular weight is 372 g/mol. The number of amides is 2. The molecular formula is C19H24N4O2S. The Hall–Kier alpha value is -2.41. The molecule has 3 rings (SSSR count). The number of hydrogen-bond donors (Lipinski definition) is 2. The molecule has 0 radical (unpaired) electrons. The van der Waals surface area contributed by atoms with Gasteiger partial charge in [-0.1, -0.05) is 13.0 Å². The van der Waals surface area contributed by atoms with Crippen LogP contribution in [0, 0.1) is 0 Å². The molecule has 1 aliphatic heterocycles. The second kappa shape index (κ2) is 6.72. The molecule has 1 aromatic heterocycles. The smallest absolute Gasteiger partial charge is 0.251 e. The maximum Gasteiger partial charge on any atom is 0.251 e. The fraction of sp³-hybridized carbons (Fsp3) is 0.421. The van der Waals surface area contributed by atoms with Crippen LogP contribution in [0.15, 0.2) is 30.5 Å². The molecule has 1 aromatic carbocycles. The minimum atomic E-state index is -0.573. The lowest BCUT2D eigenvalue weighted by molar-refractivity contribution is -0.130. The van der Waals surface area contributed by atoms with Crippen molar-refractivity contribution >= 4 is 45.7 Å². The second-order valence-corrected chi connectivity index (χ2v) is 7.63. The van der Waals surface area contributed by atoms with Crippen molar-refractivity contribution in [2.45, 2.75) is 45.2 Å². The fourth-order valence-corrected chi connectivity index (χ4v) is 3.73. The van der Waals surface area contributed by atoms with Gasteiger partial charge in [-0.3, -0.25) is 14.5 Å². The molecule has 138 valence electrons. The number of likely N-dealkylation sites (N-methyl/N-ethyl adjacent to an activating group) is 1. The van der Waals surface area contributed by atoms with Crippen LogP contribution in [-0.4, -0.2) is 50.3 Å². The molecule has 0 spiro atoms. The summed E-state index contributed by atoms with van der Waals surface area (Å²) in [5.41, 5.74) is 1.35. The molecule has 2 N–H and O–H groups in total. The summed E-state index contributed by atoms with van der Waals surface area (Å²) in [6.45, 7) is 6.12. The van der Waals surface area contributed by atoms with Crippen molar-refractivity contribution in [1.82, 2.24) is 14.8 Å². The molecule has 0 aliphatic carbocycles. The van der Waals surface area contributed by atoms with E-state index in [1.165, 1.54) is 4.90 Å². The van der Waals surface area contributed by atoms with Crippen LogP contribution in [0.2, 0.25) is 0 Å². The third-order valence-corrected chi connectivity index (χ3v) is 5.63. The molecule has 0 bridgehead atoms. The zero-order valence-corrected chi connectivity index (χ0v) is 16.3. The van der Waals surface area contributed by atoms with Gasteiger partial charge in [-0.15, -0.1) is 0 Å². The largest absolute Gasteiger partial charge is 0.361 e. The van der Waals surface area contributed by atoms with Crippen molar-refractivity contribution in [3.8, 4) is 0 Å². The van der Waals surface area contributed by atoms with Gasteiger partial charge in [0.15, 0.2) is 5.11 Å². The van der Waals surface area contributed by atoms with E-state index in [1.54, 1.807) is 7.05 Å². The first-order valence-electron chi connectivity index (χ1n) is 8.72. The number of anilines is 1. The highest BCUT2D eigenvalue weighted by molar-refractivity contribution is 7.80. The van der Waals surface area contributed by atoms with E-state index in [1.807, 2.05) is 56.1 Å². The van der Waals surface area contributed by atoms with Crippen LogP contribution in [0.25, 0.3) is 10.9 Å². The SMILES string of the molecule is CCC(C)(C)N1C(=S)N(C)C(=O)C1CC(=O)Nc1ccc2cc[nH]c2c1. The number of carbonyl (C=O) groups is 2. The Balaban J connectivity index is 1.77. The number of aromatic amines is 1. The summed E-state index contributed by atoms with van der Waals surface area (Å²) in [5.74, 6) is -0.337. The van der Waals surface area contributed by atoms with E-state index in [0.717, 1.165) is 17.3 Å². The Morgan fingerprint density at radius 2 is 2.08 bits per heavy atom. The number of hydrogen-bond acceptors (Lipinski definition) is 3. The second-order valence-electron chi connectivity index (χ2n) is 7.26. The van der Waals surface area contributed by atoms with Crippen molar-refractivity contribution < 1.29 is 9.59 Å². The highest BCUT2D eigenvalue weighted by Gasteiger charge is 2.47. The van der Waals surface area contributed by atoms with E-state index in [-0.39, 0.29) is 23.8 Å². The molecule has 0 saturated carbocycles. The lowest BCUT2D eigenvalue weighted by atomic mass is 9.97. The molecule has 1 atom stereocenters. The summed E-state index contributed by atoms with van der Waals surface area (Å²) < 4.78 is 0. The van der Waals surface area contributed by atoms with E-state index in [2.05, 4.69) is 10.3 Å². The quantitative estimate of drug-likeness (QED) is 0.792. The monoisotopic (exact) mass is 372 g/mol. The van der Waals surface area contributed by atoms with E-state index < -0.39 is 6.04 Å². The van der Waals surface area contributed by atoms with Gasteiger partial charge in [0.1, 0.15) is 6.04 Å². The van der Waals surface area contributed by atoms with Crippen LogP contribution in [-0.2, 0) is 9.59 Å². The molecule has 2 amide bonds. The normalized spacial score (nSPS) is 18.1. The third kappa shape index (κ3) is 3.19. The third-order valence-electron chi connectivity index (χ3n) is 5.16. The molecule has 6 nitrogen and oxygen atoms in total.